The van der Waals surface area contributed by atoms with Gasteiger partial charge in [0, 0.05) is 6.54 Å². The number of halogens is 2. The molecule has 1 fully saturated rings. The maximum absolute atomic E-state index is 12.0. The molecule has 7 heteroatoms. The zero-order valence-corrected chi connectivity index (χ0v) is 14.2. The summed E-state index contributed by atoms with van der Waals surface area (Å²) in [6, 6.07) is 2.38. The van der Waals surface area contributed by atoms with Crippen LogP contribution in [-0.4, -0.2) is 44.0 Å². The topological polar surface area (TPSA) is 44.4 Å². The van der Waals surface area contributed by atoms with Gasteiger partial charge in [-0.3, -0.25) is 4.79 Å². The molecule has 0 aliphatic carbocycles. The molecule has 116 valence electrons. The van der Waals surface area contributed by atoms with Gasteiger partial charge >= 0.3 is 0 Å². The summed E-state index contributed by atoms with van der Waals surface area (Å²) in [6.07, 6.45) is 2.05. The number of amides is 1. The van der Waals surface area contributed by atoms with Crippen LogP contribution in [0.15, 0.2) is 16.8 Å². The molecule has 1 aromatic rings. The van der Waals surface area contributed by atoms with E-state index in [1.165, 1.54) is 5.56 Å². The number of carbonyl (C=O) groups excluding carboxylic acids is 1. The van der Waals surface area contributed by atoms with Crippen LogP contribution in [0.25, 0.3) is 0 Å². The van der Waals surface area contributed by atoms with Gasteiger partial charge < -0.3 is 15.5 Å². The summed E-state index contributed by atoms with van der Waals surface area (Å²) in [4.78, 5) is 14.1. The first-order valence-electron chi connectivity index (χ1n) is 6.38. The minimum Gasteiger partial charge on any atom is -0.353 e. The van der Waals surface area contributed by atoms with Gasteiger partial charge in [-0.25, -0.2) is 0 Å². The van der Waals surface area contributed by atoms with Crippen molar-refractivity contribution in [2.75, 3.05) is 27.2 Å². The number of hydrogen-bond donors (Lipinski definition) is 2. The highest BCUT2D eigenvalue weighted by molar-refractivity contribution is 7.07. The molecule has 2 N–H and O–H groups in total. The van der Waals surface area contributed by atoms with Crippen molar-refractivity contribution in [1.82, 2.24) is 15.5 Å². The molecule has 2 heterocycles. The Morgan fingerprint density at radius 2 is 2.30 bits per heavy atom. The Hall–Kier alpha value is -0.330. The Labute approximate surface area is 137 Å². The molecular formula is C13H23Cl2N3OS. The number of hydrogen-bond acceptors (Lipinski definition) is 4. The number of likely N-dealkylation sites (N-methyl/N-ethyl adjacent to an activating group) is 1. The predicted octanol–water partition coefficient (Wildman–Crippen LogP) is 2.06. The zero-order valence-electron chi connectivity index (χ0n) is 11.8. The van der Waals surface area contributed by atoms with Gasteiger partial charge in [-0.1, -0.05) is 0 Å². The SMILES string of the molecule is CN(C)C(CNC(=O)C1CCCN1)c1ccsc1.Cl.Cl. The van der Waals surface area contributed by atoms with Crippen LogP contribution in [0, 0.1) is 0 Å². The molecule has 1 aromatic heterocycles. The van der Waals surface area contributed by atoms with E-state index >= 15 is 0 Å². The molecule has 1 aliphatic heterocycles. The van der Waals surface area contributed by atoms with Crippen LogP contribution in [0.4, 0.5) is 0 Å². The molecule has 2 unspecified atom stereocenters. The van der Waals surface area contributed by atoms with E-state index in [-0.39, 0.29) is 42.8 Å². The van der Waals surface area contributed by atoms with Crippen LogP contribution in [0.5, 0.6) is 0 Å². The van der Waals surface area contributed by atoms with Gasteiger partial charge in [0.05, 0.1) is 12.1 Å². The van der Waals surface area contributed by atoms with Gasteiger partial charge in [-0.05, 0) is 55.9 Å². The summed E-state index contributed by atoms with van der Waals surface area (Å²) in [5.41, 5.74) is 1.27. The smallest absolute Gasteiger partial charge is 0.237 e. The van der Waals surface area contributed by atoms with Crippen LogP contribution in [-0.2, 0) is 4.79 Å². The highest BCUT2D eigenvalue weighted by Crippen LogP contribution is 2.20. The Morgan fingerprint density at radius 3 is 2.80 bits per heavy atom. The average molecular weight is 340 g/mol. The quantitative estimate of drug-likeness (QED) is 0.862. The molecule has 4 nitrogen and oxygen atoms in total. The molecular weight excluding hydrogens is 317 g/mol. The third-order valence-electron chi connectivity index (χ3n) is 3.40. The Balaban J connectivity index is 0.00000180. The number of nitrogens with zero attached hydrogens (tertiary/aromatic N) is 1. The normalized spacial score (nSPS) is 19.1. The van der Waals surface area contributed by atoms with E-state index in [0.717, 1.165) is 19.4 Å². The fourth-order valence-electron chi connectivity index (χ4n) is 2.29. The molecule has 20 heavy (non-hydrogen) atoms. The summed E-state index contributed by atoms with van der Waals surface area (Å²) < 4.78 is 0. The first kappa shape index (κ1) is 19.7. The molecule has 1 aliphatic rings. The van der Waals surface area contributed by atoms with Crippen LogP contribution in [0.2, 0.25) is 0 Å². The number of thiophene rings is 1. The second-order valence-corrected chi connectivity index (χ2v) is 5.71. The monoisotopic (exact) mass is 339 g/mol. The molecule has 2 rings (SSSR count). The van der Waals surface area contributed by atoms with Gasteiger partial charge in [0.25, 0.3) is 0 Å². The average Bonchev–Trinajstić information content (AvgIpc) is 3.01. The van der Waals surface area contributed by atoms with Crippen LogP contribution >= 0.6 is 36.2 Å². The molecule has 1 saturated heterocycles. The molecule has 0 radical (unpaired) electrons. The maximum atomic E-state index is 12.0. The summed E-state index contributed by atoms with van der Waals surface area (Å²) in [6.45, 7) is 1.63. The van der Waals surface area contributed by atoms with E-state index in [9.17, 15) is 4.79 Å². The molecule has 0 saturated carbocycles. The highest BCUT2D eigenvalue weighted by Gasteiger charge is 2.23. The third-order valence-corrected chi connectivity index (χ3v) is 4.10. The van der Waals surface area contributed by atoms with Gasteiger partial charge in [-0.2, -0.15) is 11.3 Å². The van der Waals surface area contributed by atoms with E-state index in [4.69, 9.17) is 0 Å². The van der Waals surface area contributed by atoms with E-state index in [0.29, 0.717) is 6.54 Å². The minimum absolute atomic E-state index is 0. The van der Waals surface area contributed by atoms with E-state index in [1.54, 1.807) is 11.3 Å². The van der Waals surface area contributed by atoms with Crippen molar-refractivity contribution in [1.29, 1.82) is 0 Å². The van der Waals surface area contributed by atoms with Gasteiger partial charge in [0.1, 0.15) is 0 Å². The standard InChI is InChI=1S/C13H21N3OS.2ClH/c1-16(2)12(10-5-7-18-9-10)8-15-13(17)11-4-3-6-14-11;;/h5,7,9,11-12,14H,3-4,6,8H2,1-2H3,(H,15,17);2*1H. The molecule has 0 bridgehead atoms. The lowest BCUT2D eigenvalue weighted by Gasteiger charge is -2.24. The van der Waals surface area contributed by atoms with Gasteiger partial charge in [0.2, 0.25) is 5.91 Å². The Kier molecular flexibility index (Phi) is 9.42. The second kappa shape index (κ2) is 9.58. The lowest BCUT2D eigenvalue weighted by Crippen LogP contribution is -2.43. The number of carbonyl (C=O) groups is 1. The summed E-state index contributed by atoms with van der Waals surface area (Å²) in [7, 11) is 4.09. The van der Waals surface area contributed by atoms with Crippen molar-refractivity contribution in [3.63, 3.8) is 0 Å². The first-order valence-corrected chi connectivity index (χ1v) is 7.32. The molecule has 0 aromatic carbocycles. The van der Waals surface area contributed by atoms with Crippen molar-refractivity contribution in [3.05, 3.63) is 22.4 Å². The Bertz CT molecular complexity index is 381. The Morgan fingerprint density at radius 1 is 1.55 bits per heavy atom. The van der Waals surface area contributed by atoms with Gasteiger partial charge in [-0.15, -0.1) is 24.8 Å². The maximum Gasteiger partial charge on any atom is 0.237 e. The fraction of sp³-hybridized carbons (Fsp3) is 0.615. The summed E-state index contributed by atoms with van der Waals surface area (Å²) >= 11 is 1.69. The van der Waals surface area contributed by atoms with Crippen molar-refractivity contribution in [3.8, 4) is 0 Å². The van der Waals surface area contributed by atoms with Crippen molar-refractivity contribution in [2.45, 2.75) is 24.9 Å². The van der Waals surface area contributed by atoms with Crippen molar-refractivity contribution >= 4 is 42.1 Å². The number of rotatable bonds is 5. The van der Waals surface area contributed by atoms with E-state index in [2.05, 4.69) is 32.4 Å². The largest absolute Gasteiger partial charge is 0.353 e. The van der Waals surface area contributed by atoms with Crippen LogP contribution in [0.1, 0.15) is 24.4 Å². The third kappa shape index (κ3) is 5.22. The summed E-state index contributed by atoms with van der Waals surface area (Å²) in [5, 5.41) is 10.5. The van der Waals surface area contributed by atoms with E-state index < -0.39 is 0 Å². The summed E-state index contributed by atoms with van der Waals surface area (Å²) in [5.74, 6) is 0.134. The lowest BCUT2D eigenvalue weighted by atomic mass is 10.1. The van der Waals surface area contributed by atoms with Crippen molar-refractivity contribution in [2.24, 2.45) is 0 Å². The fourth-order valence-corrected chi connectivity index (χ4v) is 3.00. The van der Waals surface area contributed by atoms with Crippen LogP contribution in [0.3, 0.4) is 0 Å². The first-order chi connectivity index (χ1) is 8.68. The second-order valence-electron chi connectivity index (χ2n) is 4.93. The molecule has 0 spiro atoms. The van der Waals surface area contributed by atoms with Gasteiger partial charge in [0.15, 0.2) is 0 Å². The number of nitrogens with one attached hydrogen (secondary N) is 2. The lowest BCUT2D eigenvalue weighted by molar-refractivity contribution is -0.123. The van der Waals surface area contributed by atoms with Crippen LogP contribution < -0.4 is 10.6 Å². The molecule has 2 atom stereocenters. The zero-order chi connectivity index (χ0) is 13.0. The molecule has 1 amide bonds. The highest BCUT2D eigenvalue weighted by atomic mass is 35.5. The minimum atomic E-state index is 0. The van der Waals surface area contributed by atoms with Crippen molar-refractivity contribution < 1.29 is 4.79 Å². The predicted molar refractivity (Wildman–Crippen MR) is 89.3 cm³/mol. The van der Waals surface area contributed by atoms with E-state index in [1.807, 2.05) is 14.1 Å².